The summed E-state index contributed by atoms with van der Waals surface area (Å²) < 4.78 is 5.24. The molecule has 1 aromatic heterocycles. The molecule has 3 aromatic rings. The molecule has 0 amide bonds. The molecule has 2 aromatic carbocycles. The second-order valence-electron chi connectivity index (χ2n) is 6.00. The smallest absolute Gasteiger partial charge is 0.130 e. The van der Waals surface area contributed by atoms with Gasteiger partial charge in [-0.2, -0.15) is 5.26 Å². The molecule has 124 valence electrons. The number of hydrogen-bond donors (Lipinski definition) is 0. The van der Waals surface area contributed by atoms with Crippen molar-refractivity contribution < 1.29 is 4.74 Å². The van der Waals surface area contributed by atoms with E-state index in [1.54, 1.807) is 25.7 Å². The van der Waals surface area contributed by atoms with Gasteiger partial charge in [0.05, 0.1) is 25.1 Å². The summed E-state index contributed by atoms with van der Waals surface area (Å²) in [4.78, 5) is 8.61. The Morgan fingerprint density at radius 1 is 1.04 bits per heavy atom. The highest BCUT2D eigenvalue weighted by Gasteiger charge is 2.36. The summed E-state index contributed by atoms with van der Waals surface area (Å²) in [6, 6.07) is 18.3. The fraction of sp³-hybridized carbons (Fsp3) is 0.190. The lowest BCUT2D eigenvalue weighted by Crippen LogP contribution is -2.30. The molecule has 0 aliphatic heterocycles. The summed E-state index contributed by atoms with van der Waals surface area (Å²) >= 11 is 0. The molecule has 0 saturated carbocycles. The summed E-state index contributed by atoms with van der Waals surface area (Å²) in [5.41, 5.74) is 2.87. The van der Waals surface area contributed by atoms with E-state index in [2.05, 4.69) is 40.3 Å². The third-order valence-corrected chi connectivity index (χ3v) is 4.36. The van der Waals surface area contributed by atoms with Crippen LogP contribution in [0, 0.1) is 18.3 Å². The van der Waals surface area contributed by atoms with Gasteiger partial charge in [0, 0.05) is 18.8 Å². The minimum Gasteiger partial charge on any atom is -0.497 e. The van der Waals surface area contributed by atoms with Crippen LogP contribution in [0.1, 0.15) is 22.4 Å². The van der Waals surface area contributed by atoms with Crippen LogP contribution in [0.3, 0.4) is 0 Å². The zero-order chi connectivity index (χ0) is 17.7. The van der Waals surface area contributed by atoms with E-state index in [1.807, 2.05) is 31.2 Å². The fourth-order valence-corrected chi connectivity index (χ4v) is 2.91. The van der Waals surface area contributed by atoms with Crippen LogP contribution in [0.15, 0.2) is 67.1 Å². The quantitative estimate of drug-likeness (QED) is 0.713. The fourth-order valence-electron chi connectivity index (χ4n) is 2.91. The van der Waals surface area contributed by atoms with Crippen LogP contribution in [-0.4, -0.2) is 17.1 Å². The van der Waals surface area contributed by atoms with Gasteiger partial charge in [0.15, 0.2) is 0 Å². The normalized spacial score (nSPS) is 12.8. The SMILES string of the molecule is COc1ccc(C(C#N)(Cc2ccc(C)cc2)c2cnccn2)cc1. The number of methoxy groups -OCH3 is 1. The Morgan fingerprint density at radius 2 is 1.76 bits per heavy atom. The number of ether oxygens (including phenoxy) is 1. The number of benzene rings is 2. The topological polar surface area (TPSA) is 58.8 Å². The predicted molar refractivity (Wildman–Crippen MR) is 96.3 cm³/mol. The van der Waals surface area contributed by atoms with Crippen molar-refractivity contribution in [2.24, 2.45) is 0 Å². The highest BCUT2D eigenvalue weighted by molar-refractivity contribution is 5.46. The van der Waals surface area contributed by atoms with Crippen molar-refractivity contribution >= 4 is 0 Å². The first-order chi connectivity index (χ1) is 12.2. The molecule has 1 heterocycles. The van der Waals surface area contributed by atoms with Crippen molar-refractivity contribution in [3.05, 3.63) is 89.5 Å². The Hall–Kier alpha value is -3.19. The molecule has 4 nitrogen and oxygen atoms in total. The Bertz CT molecular complexity index is 868. The molecule has 3 rings (SSSR count). The minimum absolute atomic E-state index is 0.523. The van der Waals surface area contributed by atoms with Gasteiger partial charge in [-0.3, -0.25) is 9.97 Å². The molecule has 1 unspecified atom stereocenters. The maximum atomic E-state index is 10.2. The summed E-state index contributed by atoms with van der Waals surface area (Å²) in [5, 5.41) is 10.2. The molecule has 1 atom stereocenters. The average molecular weight is 329 g/mol. The Balaban J connectivity index is 2.12. The number of hydrogen-bond acceptors (Lipinski definition) is 4. The highest BCUT2D eigenvalue weighted by atomic mass is 16.5. The van der Waals surface area contributed by atoms with Crippen LogP contribution in [0.4, 0.5) is 0 Å². The molecule has 0 aliphatic rings. The number of rotatable bonds is 5. The van der Waals surface area contributed by atoms with Gasteiger partial charge in [-0.25, -0.2) is 0 Å². The maximum absolute atomic E-state index is 10.2. The summed E-state index contributed by atoms with van der Waals surface area (Å²) in [5.74, 6) is 0.755. The lowest BCUT2D eigenvalue weighted by molar-refractivity contribution is 0.414. The van der Waals surface area contributed by atoms with Crippen molar-refractivity contribution in [1.82, 2.24) is 9.97 Å². The van der Waals surface area contributed by atoms with E-state index in [9.17, 15) is 5.26 Å². The van der Waals surface area contributed by atoms with Crippen molar-refractivity contribution in [3.63, 3.8) is 0 Å². The van der Waals surface area contributed by atoms with Gasteiger partial charge in [-0.15, -0.1) is 0 Å². The van der Waals surface area contributed by atoms with Gasteiger partial charge in [0.2, 0.25) is 0 Å². The molecule has 0 aliphatic carbocycles. The summed E-state index contributed by atoms with van der Waals surface area (Å²) in [6.45, 7) is 2.05. The summed E-state index contributed by atoms with van der Waals surface area (Å²) in [7, 11) is 1.63. The van der Waals surface area contributed by atoms with Crippen LogP contribution >= 0.6 is 0 Å². The second kappa shape index (κ2) is 7.14. The average Bonchev–Trinajstić information content (AvgIpc) is 2.68. The molecule has 0 fully saturated rings. The molecule has 25 heavy (non-hydrogen) atoms. The van der Waals surface area contributed by atoms with Crippen molar-refractivity contribution in [2.45, 2.75) is 18.8 Å². The van der Waals surface area contributed by atoms with E-state index in [0.29, 0.717) is 12.1 Å². The van der Waals surface area contributed by atoms with Gasteiger partial charge in [0.25, 0.3) is 0 Å². The van der Waals surface area contributed by atoms with Gasteiger partial charge in [-0.05, 0) is 30.2 Å². The zero-order valence-electron chi connectivity index (χ0n) is 14.3. The standard InChI is InChI=1S/C21H19N3O/c1-16-3-5-17(6-4-16)13-21(15-22,20-14-23-11-12-24-20)18-7-9-19(25-2)10-8-18/h3-12,14H,13H2,1-2H3. The van der Waals surface area contributed by atoms with E-state index >= 15 is 0 Å². The number of nitrogens with zero attached hydrogens (tertiary/aromatic N) is 3. The molecule has 0 spiro atoms. The van der Waals surface area contributed by atoms with E-state index < -0.39 is 5.41 Å². The van der Waals surface area contributed by atoms with Crippen LogP contribution < -0.4 is 4.74 Å². The Kier molecular flexibility index (Phi) is 4.76. The third kappa shape index (κ3) is 3.36. The zero-order valence-corrected chi connectivity index (χ0v) is 14.3. The maximum Gasteiger partial charge on any atom is 0.130 e. The molecule has 0 N–H and O–H groups in total. The van der Waals surface area contributed by atoms with Crippen LogP contribution in [0.5, 0.6) is 5.75 Å². The number of aryl methyl sites for hydroxylation is 1. The monoisotopic (exact) mass is 329 g/mol. The first kappa shape index (κ1) is 16.7. The molecule has 0 bridgehead atoms. The lowest BCUT2D eigenvalue weighted by atomic mass is 9.74. The van der Waals surface area contributed by atoms with Gasteiger partial charge in [0.1, 0.15) is 11.2 Å². The minimum atomic E-state index is -0.907. The third-order valence-electron chi connectivity index (χ3n) is 4.36. The molecular formula is C21H19N3O. The van der Waals surface area contributed by atoms with E-state index in [0.717, 1.165) is 16.9 Å². The first-order valence-electron chi connectivity index (χ1n) is 8.06. The first-order valence-corrected chi connectivity index (χ1v) is 8.06. The Morgan fingerprint density at radius 3 is 2.32 bits per heavy atom. The number of aromatic nitrogens is 2. The lowest BCUT2D eigenvalue weighted by Gasteiger charge is -2.27. The van der Waals surface area contributed by atoms with Crippen LogP contribution in [0.25, 0.3) is 0 Å². The van der Waals surface area contributed by atoms with Crippen LogP contribution in [0.2, 0.25) is 0 Å². The van der Waals surface area contributed by atoms with Crippen molar-refractivity contribution in [1.29, 1.82) is 5.26 Å². The van der Waals surface area contributed by atoms with Gasteiger partial charge < -0.3 is 4.74 Å². The van der Waals surface area contributed by atoms with Gasteiger partial charge in [-0.1, -0.05) is 42.0 Å². The highest BCUT2D eigenvalue weighted by Crippen LogP contribution is 2.35. The molecular weight excluding hydrogens is 310 g/mol. The second-order valence-corrected chi connectivity index (χ2v) is 6.00. The number of nitriles is 1. The summed E-state index contributed by atoms with van der Waals surface area (Å²) in [6.07, 6.45) is 5.43. The van der Waals surface area contributed by atoms with Crippen LogP contribution in [-0.2, 0) is 11.8 Å². The Labute approximate surface area is 147 Å². The van der Waals surface area contributed by atoms with Gasteiger partial charge >= 0.3 is 0 Å². The predicted octanol–water partition coefficient (Wildman–Crippen LogP) is 3.85. The largest absolute Gasteiger partial charge is 0.497 e. The van der Waals surface area contributed by atoms with E-state index in [1.165, 1.54) is 5.56 Å². The van der Waals surface area contributed by atoms with Crippen molar-refractivity contribution in [3.8, 4) is 11.8 Å². The van der Waals surface area contributed by atoms with Crippen molar-refractivity contribution in [2.75, 3.05) is 7.11 Å². The van der Waals surface area contributed by atoms with E-state index in [4.69, 9.17) is 4.74 Å². The molecule has 0 saturated heterocycles. The van der Waals surface area contributed by atoms with E-state index in [-0.39, 0.29) is 0 Å². The molecule has 4 heteroatoms. The molecule has 0 radical (unpaired) electrons.